The number of nitrogens with one attached hydrogen (secondary N) is 1. The molecule has 2 heterocycles. The van der Waals surface area contributed by atoms with Crippen LogP contribution in [0.15, 0.2) is 42.1 Å². The van der Waals surface area contributed by atoms with Gasteiger partial charge in [0.1, 0.15) is 11.4 Å². The number of benzene rings is 1. The number of carbonyl (C=O) groups is 2. The highest BCUT2D eigenvalue weighted by Crippen LogP contribution is 2.31. The number of halogens is 1. The van der Waals surface area contributed by atoms with Gasteiger partial charge in [-0.1, -0.05) is 25.5 Å². The summed E-state index contributed by atoms with van der Waals surface area (Å²) >= 11 is 0. The van der Waals surface area contributed by atoms with Crippen molar-refractivity contribution in [2.75, 3.05) is 13.1 Å². The van der Waals surface area contributed by atoms with E-state index in [2.05, 4.69) is 30.3 Å². The van der Waals surface area contributed by atoms with Crippen LogP contribution in [0.2, 0.25) is 0 Å². The number of amides is 2. The van der Waals surface area contributed by atoms with Crippen LogP contribution in [0.5, 0.6) is 0 Å². The number of likely N-dealkylation sites (tertiary alicyclic amines) is 1. The van der Waals surface area contributed by atoms with Gasteiger partial charge in [-0.2, -0.15) is 5.10 Å². The number of allylic oxidation sites excluding steroid dienone is 2. The van der Waals surface area contributed by atoms with E-state index >= 15 is 0 Å². The summed E-state index contributed by atoms with van der Waals surface area (Å²) < 4.78 is 20.8. The summed E-state index contributed by atoms with van der Waals surface area (Å²) in [4.78, 5) is 27.9. The summed E-state index contributed by atoms with van der Waals surface area (Å²) in [5.74, 6) is -0.142. The van der Waals surface area contributed by atoms with E-state index in [0.29, 0.717) is 25.1 Å². The van der Waals surface area contributed by atoms with Gasteiger partial charge in [0.25, 0.3) is 5.91 Å². The summed E-state index contributed by atoms with van der Waals surface area (Å²) in [6, 6.07) is 6.20. The van der Waals surface area contributed by atoms with E-state index in [1.807, 2.05) is 26.8 Å². The second-order valence-electron chi connectivity index (χ2n) is 11.1. The summed E-state index contributed by atoms with van der Waals surface area (Å²) in [6.45, 7) is 11.0. The molecule has 1 aromatic heterocycles. The second-order valence-corrected chi connectivity index (χ2v) is 11.1. The molecule has 0 spiro atoms. The van der Waals surface area contributed by atoms with Crippen LogP contribution in [0.3, 0.4) is 0 Å². The molecule has 38 heavy (non-hydrogen) atoms. The summed E-state index contributed by atoms with van der Waals surface area (Å²) in [5.41, 5.74) is 3.62. The van der Waals surface area contributed by atoms with Gasteiger partial charge in [-0.15, -0.1) is 0 Å². The van der Waals surface area contributed by atoms with Gasteiger partial charge >= 0.3 is 6.09 Å². The summed E-state index contributed by atoms with van der Waals surface area (Å²) in [7, 11) is 0. The number of hydrogen-bond donors (Lipinski definition) is 1. The molecular formula is C30H39FN4O3. The Labute approximate surface area is 224 Å². The largest absolute Gasteiger partial charge is 0.444 e. The average molecular weight is 523 g/mol. The maximum atomic E-state index is 13.7. The van der Waals surface area contributed by atoms with E-state index in [-0.39, 0.29) is 29.8 Å². The molecule has 0 saturated carbocycles. The van der Waals surface area contributed by atoms with Gasteiger partial charge in [0, 0.05) is 30.3 Å². The Morgan fingerprint density at radius 3 is 2.45 bits per heavy atom. The first-order valence-corrected chi connectivity index (χ1v) is 13.6. The lowest BCUT2D eigenvalue weighted by atomic mass is 9.87. The maximum Gasteiger partial charge on any atom is 0.410 e. The van der Waals surface area contributed by atoms with Crippen LogP contribution < -0.4 is 5.32 Å². The first-order chi connectivity index (χ1) is 18.1. The molecule has 2 aromatic rings. The van der Waals surface area contributed by atoms with E-state index in [4.69, 9.17) is 4.74 Å². The van der Waals surface area contributed by atoms with Crippen molar-refractivity contribution in [1.29, 1.82) is 0 Å². The van der Waals surface area contributed by atoms with E-state index in [0.717, 1.165) is 42.6 Å². The number of piperidine rings is 1. The van der Waals surface area contributed by atoms with Gasteiger partial charge in [0.2, 0.25) is 0 Å². The SMILES string of the molecule is CCC1=Cc2c(cnn2-c2ccc(F)cc2)C(C(=O)NC(CC)C2CCN(C(=O)OC(C)(C)C)CC2)=CC1. The highest BCUT2D eigenvalue weighted by molar-refractivity contribution is 6.20. The van der Waals surface area contributed by atoms with Crippen molar-refractivity contribution >= 4 is 23.6 Å². The number of hydrogen-bond acceptors (Lipinski definition) is 4. The molecule has 204 valence electrons. The number of ether oxygens (including phenoxy) is 1. The third-order valence-electron chi connectivity index (χ3n) is 7.29. The molecule has 2 amide bonds. The first-order valence-electron chi connectivity index (χ1n) is 13.6. The van der Waals surface area contributed by atoms with Crippen LogP contribution in [0.4, 0.5) is 9.18 Å². The fourth-order valence-electron chi connectivity index (χ4n) is 5.16. The number of rotatable bonds is 6. The Hall–Kier alpha value is -3.42. The summed E-state index contributed by atoms with van der Waals surface area (Å²) in [6.07, 6.45) is 9.49. The lowest BCUT2D eigenvalue weighted by Gasteiger charge is -2.36. The Bertz CT molecular complexity index is 1220. The molecule has 7 nitrogen and oxygen atoms in total. The monoisotopic (exact) mass is 522 g/mol. The van der Waals surface area contributed by atoms with Gasteiger partial charge in [0.15, 0.2) is 0 Å². The summed E-state index contributed by atoms with van der Waals surface area (Å²) in [5, 5.41) is 7.85. The normalized spacial score (nSPS) is 17.2. The molecule has 1 atom stereocenters. The highest BCUT2D eigenvalue weighted by Gasteiger charge is 2.32. The Morgan fingerprint density at radius 2 is 1.84 bits per heavy atom. The molecule has 1 aliphatic carbocycles. The molecule has 1 fully saturated rings. The van der Waals surface area contributed by atoms with Crippen molar-refractivity contribution in [2.24, 2.45) is 5.92 Å². The van der Waals surface area contributed by atoms with Gasteiger partial charge in [0.05, 0.1) is 17.6 Å². The van der Waals surface area contributed by atoms with Crippen molar-refractivity contribution in [3.05, 3.63) is 59.2 Å². The zero-order valence-corrected chi connectivity index (χ0v) is 23.1. The van der Waals surface area contributed by atoms with Crippen molar-refractivity contribution < 1.29 is 18.7 Å². The van der Waals surface area contributed by atoms with Crippen molar-refractivity contribution in [2.45, 2.75) is 78.4 Å². The molecule has 1 saturated heterocycles. The molecule has 2 aliphatic rings. The Morgan fingerprint density at radius 1 is 1.16 bits per heavy atom. The lowest BCUT2D eigenvalue weighted by molar-refractivity contribution is -0.116. The molecular weight excluding hydrogens is 483 g/mol. The van der Waals surface area contributed by atoms with Crippen LogP contribution >= 0.6 is 0 Å². The quantitative estimate of drug-likeness (QED) is 0.495. The van der Waals surface area contributed by atoms with Gasteiger partial charge in [-0.3, -0.25) is 4.79 Å². The van der Waals surface area contributed by atoms with Crippen molar-refractivity contribution in [3.63, 3.8) is 0 Å². The molecule has 1 aliphatic heterocycles. The number of nitrogens with zero attached hydrogens (tertiary/aromatic N) is 3. The molecule has 1 N–H and O–H groups in total. The smallest absolute Gasteiger partial charge is 0.410 e. The maximum absolute atomic E-state index is 13.7. The zero-order chi connectivity index (χ0) is 27.4. The fraction of sp³-hybridized carbons (Fsp3) is 0.500. The zero-order valence-electron chi connectivity index (χ0n) is 23.1. The predicted octanol–water partition coefficient (Wildman–Crippen LogP) is 6.13. The number of aromatic nitrogens is 2. The van der Waals surface area contributed by atoms with E-state index in [9.17, 15) is 14.0 Å². The standard InChI is InChI=1S/C30H39FN4O3/c1-6-20-8-13-24(25-19-32-35(27(25)18-20)23-11-9-22(31)10-12-23)28(36)33-26(7-2)21-14-16-34(17-15-21)29(37)38-30(3,4)5/h9-13,18-19,21,26H,6-8,14-17H2,1-5H3,(H,33,36). The van der Waals surface area contributed by atoms with E-state index in [1.54, 1.807) is 27.9 Å². The molecule has 1 unspecified atom stereocenters. The third kappa shape index (κ3) is 6.34. The topological polar surface area (TPSA) is 76.5 Å². The van der Waals surface area contributed by atoms with Crippen LogP contribution in [0.1, 0.15) is 78.0 Å². The Kier molecular flexibility index (Phi) is 8.38. The first kappa shape index (κ1) is 27.6. The van der Waals surface area contributed by atoms with E-state index in [1.165, 1.54) is 17.7 Å². The number of carbonyl (C=O) groups excluding carboxylic acids is 2. The van der Waals surface area contributed by atoms with Gasteiger partial charge < -0.3 is 15.0 Å². The highest BCUT2D eigenvalue weighted by atomic mass is 19.1. The van der Waals surface area contributed by atoms with Crippen LogP contribution in [0, 0.1) is 11.7 Å². The molecule has 0 bridgehead atoms. The number of fused-ring (bicyclic) bond motifs is 1. The molecule has 8 heteroatoms. The fourth-order valence-corrected chi connectivity index (χ4v) is 5.16. The van der Waals surface area contributed by atoms with Gasteiger partial charge in [-0.05, 0) is 89.1 Å². The second kappa shape index (κ2) is 11.5. The predicted molar refractivity (Wildman–Crippen MR) is 147 cm³/mol. The van der Waals surface area contributed by atoms with Crippen molar-refractivity contribution in [1.82, 2.24) is 20.0 Å². The van der Waals surface area contributed by atoms with E-state index < -0.39 is 5.60 Å². The lowest BCUT2D eigenvalue weighted by Crippen LogP contribution is -2.47. The van der Waals surface area contributed by atoms with Crippen LogP contribution in [0.25, 0.3) is 17.3 Å². The molecule has 4 rings (SSSR count). The molecule has 1 aromatic carbocycles. The minimum atomic E-state index is -0.518. The Balaban J connectivity index is 1.49. The van der Waals surface area contributed by atoms with Crippen LogP contribution in [-0.4, -0.2) is 51.4 Å². The molecule has 0 radical (unpaired) electrons. The minimum Gasteiger partial charge on any atom is -0.444 e. The average Bonchev–Trinajstić information content (AvgIpc) is 3.19. The minimum absolute atomic E-state index is 0.00152. The van der Waals surface area contributed by atoms with Crippen molar-refractivity contribution in [3.8, 4) is 5.69 Å². The van der Waals surface area contributed by atoms with Gasteiger partial charge in [-0.25, -0.2) is 13.9 Å². The third-order valence-corrected chi connectivity index (χ3v) is 7.29. The van der Waals surface area contributed by atoms with Crippen LogP contribution in [-0.2, 0) is 9.53 Å².